The molecule has 3 N–H and O–H groups in total. The summed E-state index contributed by atoms with van der Waals surface area (Å²) in [5.41, 5.74) is 2.64. The van der Waals surface area contributed by atoms with Gasteiger partial charge < -0.3 is 25.4 Å². The first-order valence-electron chi connectivity index (χ1n) is 14.3. The molecule has 3 aromatic rings. The summed E-state index contributed by atoms with van der Waals surface area (Å²) in [5, 5.41) is 5.82. The highest BCUT2D eigenvalue weighted by Crippen LogP contribution is 2.39. The van der Waals surface area contributed by atoms with Gasteiger partial charge in [-0.05, 0) is 62.9 Å². The maximum Gasteiger partial charge on any atom is 0.247 e. The van der Waals surface area contributed by atoms with E-state index in [1.165, 1.54) is 12.1 Å². The Hall–Kier alpha value is -3.86. The monoisotopic (exact) mass is 563 g/mol. The van der Waals surface area contributed by atoms with Crippen molar-refractivity contribution < 1.29 is 18.8 Å². The molecule has 0 unspecified atom stereocenters. The molecule has 2 aliphatic heterocycles. The number of carbonyl (C=O) groups is 3. The minimum atomic E-state index is -0.886. The molecule has 2 fully saturated rings. The highest BCUT2D eigenvalue weighted by molar-refractivity contribution is 5.92. The predicted molar refractivity (Wildman–Crippen MR) is 153 cm³/mol. The lowest BCUT2D eigenvalue weighted by molar-refractivity contribution is -0.144. The van der Waals surface area contributed by atoms with Crippen molar-refractivity contribution in [2.45, 2.75) is 70.6 Å². The van der Waals surface area contributed by atoms with E-state index in [2.05, 4.69) is 20.6 Å². The van der Waals surface area contributed by atoms with Gasteiger partial charge in [0.1, 0.15) is 17.7 Å². The van der Waals surface area contributed by atoms with Crippen LogP contribution in [0, 0.1) is 11.7 Å². The van der Waals surface area contributed by atoms with E-state index in [0.717, 1.165) is 12.0 Å². The summed E-state index contributed by atoms with van der Waals surface area (Å²) in [5.74, 6) is -0.0808. The topological polar surface area (TPSA) is 123 Å². The Kier molecular flexibility index (Phi) is 8.35. The van der Waals surface area contributed by atoms with Crippen molar-refractivity contribution >= 4 is 28.9 Å². The molecule has 0 spiro atoms. The number of hydrogen-bond donors (Lipinski definition) is 3. The van der Waals surface area contributed by atoms with Crippen LogP contribution in [0.5, 0.6) is 0 Å². The van der Waals surface area contributed by atoms with Gasteiger partial charge in [-0.3, -0.25) is 14.4 Å². The van der Waals surface area contributed by atoms with Crippen LogP contribution < -0.4 is 10.6 Å². The summed E-state index contributed by atoms with van der Waals surface area (Å²) in [6.07, 6.45) is 4.10. The second kappa shape index (κ2) is 11.9. The van der Waals surface area contributed by atoms with E-state index in [0.29, 0.717) is 48.4 Å². The van der Waals surface area contributed by atoms with Crippen molar-refractivity contribution in [1.29, 1.82) is 0 Å². The van der Waals surface area contributed by atoms with Gasteiger partial charge >= 0.3 is 0 Å². The van der Waals surface area contributed by atoms with Crippen LogP contribution in [0.25, 0.3) is 22.3 Å². The number of benzene rings is 1. The van der Waals surface area contributed by atoms with Crippen LogP contribution in [-0.2, 0) is 14.4 Å². The summed E-state index contributed by atoms with van der Waals surface area (Å²) in [6, 6.07) is 6.34. The second-order valence-electron chi connectivity index (χ2n) is 11.5. The standard InChI is InChI=1S/C30H38FN7O3/c1-17(2)14-25(39)37-13-11-21-8-9-24(38(21)30(41)23(16-37)34-29(40)18(3)32-4)27-35-26-22(10-12-33-28(26)36-27)19-6-5-7-20(31)15-19/h5-7,10,12,15,17-18,21,23-24,32H,8-9,11,13-14,16H2,1-4H3,(H,34,40)(H,33,35,36)/t18-,21+,23-,24-/m0/s1. The Labute approximate surface area is 239 Å². The molecule has 3 amide bonds. The zero-order chi connectivity index (χ0) is 29.3. The number of carbonyl (C=O) groups excluding carboxylic acids is 3. The maximum atomic E-state index is 14.2. The van der Waals surface area contributed by atoms with Crippen molar-refractivity contribution in [3.05, 3.63) is 48.2 Å². The first kappa shape index (κ1) is 28.7. The summed E-state index contributed by atoms with van der Waals surface area (Å²) in [4.78, 5) is 56.3. The van der Waals surface area contributed by atoms with E-state index < -0.39 is 12.1 Å². The number of nitrogens with zero attached hydrogens (tertiary/aromatic N) is 4. The van der Waals surface area contributed by atoms with Crippen LogP contribution >= 0.6 is 0 Å². The molecule has 2 aliphatic rings. The number of aromatic nitrogens is 3. The summed E-state index contributed by atoms with van der Waals surface area (Å²) in [7, 11) is 1.68. The van der Waals surface area contributed by atoms with E-state index >= 15 is 0 Å². The lowest BCUT2D eigenvalue weighted by atomic mass is 10.0. The molecule has 0 saturated carbocycles. The average molecular weight is 564 g/mol. The minimum absolute atomic E-state index is 0.00931. The number of pyridine rings is 1. The molecular formula is C30H38FN7O3. The predicted octanol–water partition coefficient (Wildman–Crippen LogP) is 3.17. The summed E-state index contributed by atoms with van der Waals surface area (Å²) in [6.45, 7) is 6.34. The number of amides is 3. The van der Waals surface area contributed by atoms with Crippen molar-refractivity contribution in [2.24, 2.45) is 5.92 Å². The number of aromatic amines is 1. The van der Waals surface area contributed by atoms with Gasteiger partial charge in [-0.25, -0.2) is 14.4 Å². The van der Waals surface area contributed by atoms with Crippen molar-refractivity contribution in [3.8, 4) is 11.1 Å². The molecule has 2 saturated heterocycles. The van der Waals surface area contributed by atoms with Gasteiger partial charge in [0.25, 0.3) is 0 Å². The Balaban J connectivity index is 1.48. The number of rotatable bonds is 7. The molecule has 0 aliphatic carbocycles. The number of likely N-dealkylation sites (N-methyl/N-ethyl adjacent to an activating group) is 1. The van der Waals surface area contributed by atoms with Crippen LogP contribution in [0.3, 0.4) is 0 Å². The smallest absolute Gasteiger partial charge is 0.247 e. The lowest BCUT2D eigenvalue weighted by Crippen LogP contribution is -2.60. The van der Waals surface area contributed by atoms with Crippen molar-refractivity contribution in [3.63, 3.8) is 0 Å². The highest BCUT2D eigenvalue weighted by atomic mass is 19.1. The number of fused-ring (bicyclic) bond motifs is 2. The zero-order valence-corrected chi connectivity index (χ0v) is 24.0. The van der Waals surface area contributed by atoms with Gasteiger partial charge in [0.15, 0.2) is 5.65 Å². The van der Waals surface area contributed by atoms with E-state index in [1.807, 2.05) is 30.9 Å². The molecule has 1 aromatic carbocycles. The van der Waals surface area contributed by atoms with Gasteiger partial charge in [-0.2, -0.15) is 0 Å². The van der Waals surface area contributed by atoms with E-state index in [1.54, 1.807) is 31.1 Å². The molecular weight excluding hydrogens is 525 g/mol. The Morgan fingerprint density at radius 3 is 2.71 bits per heavy atom. The largest absolute Gasteiger partial charge is 0.341 e. The van der Waals surface area contributed by atoms with Gasteiger partial charge in [0, 0.05) is 37.3 Å². The highest BCUT2D eigenvalue weighted by Gasteiger charge is 2.44. The first-order valence-corrected chi connectivity index (χ1v) is 14.3. The van der Waals surface area contributed by atoms with Crippen LogP contribution in [0.2, 0.25) is 0 Å². The number of nitrogens with one attached hydrogen (secondary N) is 3. The third-order valence-corrected chi connectivity index (χ3v) is 8.13. The fraction of sp³-hybridized carbons (Fsp3) is 0.500. The third kappa shape index (κ3) is 5.95. The number of H-pyrrole nitrogens is 1. The SMILES string of the molecule is CN[C@@H](C)C(=O)N[C@H]1CN(C(=O)CC(C)C)CC[C@H]2CC[C@@H](c3nc4nccc(-c5cccc(F)c5)c4[nH]3)N2C1=O. The van der Waals surface area contributed by atoms with Gasteiger partial charge in [-0.15, -0.1) is 0 Å². The number of halogens is 1. The van der Waals surface area contributed by atoms with Gasteiger partial charge in [-0.1, -0.05) is 26.0 Å². The normalized spacial score (nSPS) is 22.0. The molecule has 41 heavy (non-hydrogen) atoms. The first-order chi connectivity index (χ1) is 19.7. The summed E-state index contributed by atoms with van der Waals surface area (Å²) >= 11 is 0. The molecule has 4 heterocycles. The fourth-order valence-corrected chi connectivity index (χ4v) is 5.87. The third-order valence-electron chi connectivity index (χ3n) is 8.13. The fourth-order valence-electron chi connectivity index (χ4n) is 5.87. The molecule has 5 rings (SSSR count). The molecule has 4 atom stereocenters. The van der Waals surface area contributed by atoms with E-state index in [9.17, 15) is 18.8 Å². The van der Waals surface area contributed by atoms with E-state index in [4.69, 9.17) is 4.98 Å². The lowest BCUT2D eigenvalue weighted by Gasteiger charge is -2.39. The van der Waals surface area contributed by atoms with Gasteiger partial charge in [0.2, 0.25) is 17.7 Å². The van der Waals surface area contributed by atoms with Crippen LogP contribution in [0.1, 0.15) is 58.3 Å². The second-order valence-corrected chi connectivity index (χ2v) is 11.5. The van der Waals surface area contributed by atoms with Crippen molar-refractivity contribution in [2.75, 3.05) is 20.1 Å². The molecule has 2 aromatic heterocycles. The Bertz CT molecular complexity index is 1440. The summed E-state index contributed by atoms with van der Waals surface area (Å²) < 4.78 is 14.0. The molecule has 0 bridgehead atoms. The van der Waals surface area contributed by atoms with Gasteiger partial charge in [0.05, 0.1) is 17.6 Å². The Morgan fingerprint density at radius 2 is 1.98 bits per heavy atom. The molecule has 11 heteroatoms. The number of imidazole rings is 1. The van der Waals surface area contributed by atoms with Crippen LogP contribution in [0.4, 0.5) is 4.39 Å². The molecule has 218 valence electrons. The zero-order valence-electron chi connectivity index (χ0n) is 24.0. The van der Waals surface area contributed by atoms with Crippen molar-refractivity contribution in [1.82, 2.24) is 35.4 Å². The number of hydrogen-bond acceptors (Lipinski definition) is 6. The van der Waals surface area contributed by atoms with Crippen LogP contribution in [0.15, 0.2) is 36.5 Å². The molecule has 10 nitrogen and oxygen atoms in total. The van der Waals surface area contributed by atoms with Crippen LogP contribution in [-0.4, -0.2) is 80.7 Å². The molecule has 0 radical (unpaired) electrons. The van der Waals surface area contributed by atoms with E-state index in [-0.39, 0.29) is 48.1 Å². The minimum Gasteiger partial charge on any atom is -0.341 e. The maximum absolute atomic E-state index is 14.2. The Morgan fingerprint density at radius 1 is 1.17 bits per heavy atom. The average Bonchev–Trinajstić information content (AvgIpc) is 3.56. The quantitative estimate of drug-likeness (QED) is 0.406.